The molecule has 48 heavy (non-hydrogen) atoms. The van der Waals surface area contributed by atoms with Crippen LogP contribution in [0.15, 0.2) is 145 Å². The maximum atomic E-state index is 5.38. The molecule has 9 aromatic rings. The van der Waals surface area contributed by atoms with E-state index in [-0.39, 0.29) is 0 Å². The quantitative estimate of drug-likeness (QED) is 0.197. The van der Waals surface area contributed by atoms with Gasteiger partial charge in [-0.1, -0.05) is 66.7 Å². The standard InChI is InChI=1S/C41H27N7/c1-3-14-36-27(9-1)29-19-20-30-28-10-2-4-15-37(28)48(39-17-8-13-34(46-39)32-11-5-6-22-42-32)41(30)40(29)47(36)38-16-7-12-31(45-38)26-18-21-33-35(25-26)44-24-23-43-33/h1-6,8-11,13-25H,7,12H2. The lowest BCUT2D eigenvalue weighted by Gasteiger charge is -2.17. The molecule has 0 saturated heterocycles. The van der Waals surface area contributed by atoms with Gasteiger partial charge in [-0.3, -0.25) is 24.1 Å². The third-order valence-electron chi connectivity index (χ3n) is 9.35. The van der Waals surface area contributed by atoms with Crippen LogP contribution in [-0.2, 0) is 0 Å². The van der Waals surface area contributed by atoms with Crippen molar-refractivity contribution in [3.8, 4) is 17.2 Å². The molecule has 0 bridgehead atoms. The normalized spacial score (nSPS) is 13.5. The highest BCUT2D eigenvalue weighted by Crippen LogP contribution is 2.42. The van der Waals surface area contributed by atoms with Crippen molar-refractivity contribution in [3.63, 3.8) is 0 Å². The summed E-state index contributed by atoms with van der Waals surface area (Å²) in [6.45, 7) is 0. The lowest BCUT2D eigenvalue weighted by molar-refractivity contribution is 1.02. The molecule has 0 aliphatic carbocycles. The van der Waals surface area contributed by atoms with Gasteiger partial charge in [-0.2, -0.15) is 0 Å². The van der Waals surface area contributed by atoms with Crippen LogP contribution in [0.2, 0.25) is 0 Å². The highest BCUT2D eigenvalue weighted by Gasteiger charge is 2.23. The first kappa shape index (κ1) is 26.7. The molecule has 0 saturated carbocycles. The average molecular weight is 618 g/mol. The minimum absolute atomic E-state index is 0.830. The molecule has 0 atom stereocenters. The van der Waals surface area contributed by atoms with Gasteiger partial charge in [-0.25, -0.2) is 9.98 Å². The lowest BCUT2D eigenvalue weighted by Crippen LogP contribution is -2.09. The summed E-state index contributed by atoms with van der Waals surface area (Å²) in [5.41, 5.74) is 9.96. The van der Waals surface area contributed by atoms with Crippen LogP contribution in [0.25, 0.3) is 77.7 Å². The second-order valence-corrected chi connectivity index (χ2v) is 12.1. The van der Waals surface area contributed by atoms with E-state index < -0.39 is 0 Å². The van der Waals surface area contributed by atoms with Crippen LogP contribution in [0.3, 0.4) is 0 Å². The fourth-order valence-electron chi connectivity index (χ4n) is 7.25. The summed E-state index contributed by atoms with van der Waals surface area (Å²) in [6.07, 6.45) is 9.28. The van der Waals surface area contributed by atoms with Crippen LogP contribution in [0, 0.1) is 0 Å². The number of para-hydroxylation sites is 2. The van der Waals surface area contributed by atoms with E-state index in [1.807, 2.05) is 36.5 Å². The summed E-state index contributed by atoms with van der Waals surface area (Å²) in [4.78, 5) is 24.2. The van der Waals surface area contributed by atoms with E-state index >= 15 is 0 Å². The smallest absolute Gasteiger partial charge is 0.138 e. The minimum Gasteiger partial charge on any atom is -0.292 e. The molecule has 0 radical (unpaired) electrons. The maximum absolute atomic E-state index is 5.38. The Morgan fingerprint density at radius 2 is 1.23 bits per heavy atom. The maximum Gasteiger partial charge on any atom is 0.138 e. The Hall–Kier alpha value is -6.47. The molecule has 7 heteroatoms. The van der Waals surface area contributed by atoms with Crippen molar-refractivity contribution >= 4 is 66.2 Å². The van der Waals surface area contributed by atoms with Crippen molar-refractivity contribution in [3.05, 3.63) is 145 Å². The van der Waals surface area contributed by atoms with E-state index in [0.29, 0.717) is 0 Å². The molecule has 6 heterocycles. The molecule has 1 aliphatic rings. The Balaban J connectivity index is 1.28. The molecule has 226 valence electrons. The van der Waals surface area contributed by atoms with E-state index in [1.54, 1.807) is 12.4 Å². The van der Waals surface area contributed by atoms with E-state index in [0.717, 1.165) is 80.2 Å². The first-order valence-corrected chi connectivity index (χ1v) is 16.2. The van der Waals surface area contributed by atoms with Gasteiger partial charge in [0, 0.05) is 40.1 Å². The number of nitrogens with zero attached hydrogens (tertiary/aromatic N) is 7. The first-order chi connectivity index (χ1) is 23.8. The highest BCUT2D eigenvalue weighted by atomic mass is 15.1. The van der Waals surface area contributed by atoms with Crippen molar-refractivity contribution in [2.24, 2.45) is 4.99 Å². The Morgan fingerprint density at radius 1 is 0.521 bits per heavy atom. The van der Waals surface area contributed by atoms with Crippen molar-refractivity contribution in [2.75, 3.05) is 0 Å². The van der Waals surface area contributed by atoms with Crippen LogP contribution < -0.4 is 0 Å². The second-order valence-electron chi connectivity index (χ2n) is 12.1. The van der Waals surface area contributed by atoms with E-state index in [1.165, 1.54) is 21.5 Å². The van der Waals surface area contributed by atoms with E-state index in [2.05, 4.69) is 115 Å². The summed E-state index contributed by atoms with van der Waals surface area (Å²) >= 11 is 0. The molecule has 5 aromatic heterocycles. The molecule has 0 amide bonds. The number of hydrogen-bond acceptors (Lipinski definition) is 5. The number of aliphatic imine (C=N–C) groups is 1. The molecule has 10 rings (SSSR count). The zero-order valence-corrected chi connectivity index (χ0v) is 25.8. The van der Waals surface area contributed by atoms with Gasteiger partial charge in [0.15, 0.2) is 0 Å². The fourth-order valence-corrected chi connectivity index (χ4v) is 7.25. The summed E-state index contributed by atoms with van der Waals surface area (Å²) < 4.78 is 4.66. The van der Waals surface area contributed by atoms with Crippen LogP contribution in [0.5, 0.6) is 0 Å². The first-order valence-electron chi connectivity index (χ1n) is 16.2. The fraction of sp³-hybridized carbons (Fsp3) is 0.0488. The van der Waals surface area contributed by atoms with Gasteiger partial charge in [0.05, 0.1) is 50.2 Å². The second kappa shape index (κ2) is 10.5. The van der Waals surface area contributed by atoms with Gasteiger partial charge in [-0.05, 0) is 73.0 Å². The summed E-state index contributed by atoms with van der Waals surface area (Å²) in [6, 6.07) is 40.1. The third-order valence-corrected chi connectivity index (χ3v) is 9.35. The van der Waals surface area contributed by atoms with E-state index in [9.17, 15) is 0 Å². The van der Waals surface area contributed by atoms with Crippen LogP contribution >= 0.6 is 0 Å². The van der Waals surface area contributed by atoms with Gasteiger partial charge in [0.25, 0.3) is 0 Å². The number of fused-ring (bicyclic) bond motifs is 8. The summed E-state index contributed by atoms with van der Waals surface area (Å²) in [7, 11) is 0. The van der Waals surface area contributed by atoms with Crippen LogP contribution in [-0.4, -0.2) is 34.8 Å². The number of aromatic nitrogens is 6. The van der Waals surface area contributed by atoms with Gasteiger partial charge < -0.3 is 0 Å². The Bertz CT molecular complexity index is 2790. The van der Waals surface area contributed by atoms with Crippen molar-refractivity contribution < 1.29 is 0 Å². The minimum atomic E-state index is 0.830. The number of hydrogen-bond donors (Lipinski definition) is 0. The molecular formula is C41H27N7. The Kier molecular flexibility index (Phi) is 5.86. The Labute approximate surface area is 275 Å². The number of rotatable bonds is 4. The Morgan fingerprint density at radius 3 is 2.02 bits per heavy atom. The van der Waals surface area contributed by atoms with Gasteiger partial charge >= 0.3 is 0 Å². The van der Waals surface area contributed by atoms with E-state index in [4.69, 9.17) is 9.98 Å². The molecule has 0 fully saturated rings. The van der Waals surface area contributed by atoms with Crippen molar-refractivity contribution in [2.45, 2.75) is 12.8 Å². The average Bonchev–Trinajstić information content (AvgIpc) is 3.68. The number of benzene rings is 4. The van der Waals surface area contributed by atoms with Crippen LogP contribution in [0.4, 0.5) is 0 Å². The van der Waals surface area contributed by atoms with Gasteiger partial charge in [0.1, 0.15) is 11.6 Å². The van der Waals surface area contributed by atoms with Gasteiger partial charge in [-0.15, -0.1) is 0 Å². The van der Waals surface area contributed by atoms with Crippen molar-refractivity contribution in [1.29, 1.82) is 0 Å². The molecular weight excluding hydrogens is 591 g/mol. The predicted octanol–water partition coefficient (Wildman–Crippen LogP) is 9.37. The zero-order valence-electron chi connectivity index (χ0n) is 25.8. The predicted molar refractivity (Wildman–Crippen MR) is 194 cm³/mol. The number of pyridine rings is 2. The molecule has 4 aromatic carbocycles. The molecule has 1 aliphatic heterocycles. The number of allylic oxidation sites excluding steroid dienone is 1. The molecule has 0 spiro atoms. The summed E-state index contributed by atoms with van der Waals surface area (Å²) in [5.74, 6) is 1.76. The largest absolute Gasteiger partial charge is 0.292 e. The van der Waals surface area contributed by atoms with Gasteiger partial charge in [0.2, 0.25) is 0 Å². The topological polar surface area (TPSA) is 73.8 Å². The monoisotopic (exact) mass is 617 g/mol. The third kappa shape index (κ3) is 4.04. The SMILES string of the molecule is C1=C(n2c3ccccc3c3ccc4c5ccccc5n(-c5cccc(-c6ccccn6)n5)c4c32)N=C(c2ccc3nccnc3c2)CC1. The summed E-state index contributed by atoms with van der Waals surface area (Å²) in [5, 5.41) is 4.70. The lowest BCUT2D eigenvalue weighted by atomic mass is 10.0. The molecule has 7 nitrogen and oxygen atoms in total. The zero-order chi connectivity index (χ0) is 31.6. The van der Waals surface area contributed by atoms with Crippen molar-refractivity contribution in [1.82, 2.24) is 29.1 Å². The van der Waals surface area contributed by atoms with Crippen LogP contribution in [0.1, 0.15) is 18.4 Å². The molecule has 0 unspecified atom stereocenters. The molecule has 0 N–H and O–H groups in total. The highest BCUT2D eigenvalue weighted by molar-refractivity contribution is 6.24.